The van der Waals surface area contributed by atoms with Gasteiger partial charge in [0, 0.05) is 29.6 Å². The number of para-hydroxylation sites is 2. The van der Waals surface area contributed by atoms with Gasteiger partial charge in [-0.05, 0) is 24.4 Å². The Morgan fingerprint density at radius 1 is 1.47 bits per heavy atom. The first-order chi connectivity index (χ1) is 6.77. The molecule has 1 aromatic carbocycles. The predicted octanol–water partition coefficient (Wildman–Crippen LogP) is 1.08. The van der Waals surface area contributed by atoms with Crippen LogP contribution < -0.4 is 15.4 Å². The van der Waals surface area contributed by atoms with Crippen LogP contribution in [0.1, 0.15) is 0 Å². The number of rotatable bonds is 2. The molecular formula is C9H9N3NaOS. The van der Waals surface area contributed by atoms with Crippen molar-refractivity contribution in [2.24, 2.45) is 0 Å². The second-order valence-corrected chi connectivity index (χ2v) is 2.80. The minimum atomic E-state index is 0. The van der Waals surface area contributed by atoms with E-state index in [9.17, 15) is 0 Å². The van der Waals surface area contributed by atoms with Gasteiger partial charge in [0.25, 0.3) is 0 Å². The molecule has 1 radical (unpaired) electrons. The Labute approximate surface area is 116 Å². The average molecular weight is 230 g/mol. The fourth-order valence-electron chi connectivity index (χ4n) is 0.952. The fourth-order valence-corrected chi connectivity index (χ4v) is 1.11. The molecular weight excluding hydrogens is 221 g/mol. The van der Waals surface area contributed by atoms with Crippen LogP contribution in [0.2, 0.25) is 0 Å². The van der Waals surface area contributed by atoms with Crippen molar-refractivity contribution in [3.05, 3.63) is 24.3 Å². The Kier molecular flexibility index (Phi) is 7.09. The Morgan fingerprint density at radius 2 is 2.13 bits per heavy atom. The van der Waals surface area contributed by atoms with Gasteiger partial charge in [0.1, 0.15) is 5.75 Å². The van der Waals surface area contributed by atoms with E-state index in [2.05, 4.69) is 10.6 Å². The normalized spacial score (nSPS) is 8.00. The van der Waals surface area contributed by atoms with Gasteiger partial charge in [0.05, 0.1) is 12.8 Å². The molecule has 0 spiro atoms. The third-order valence-corrected chi connectivity index (χ3v) is 1.73. The van der Waals surface area contributed by atoms with Crippen molar-refractivity contribution in [3.63, 3.8) is 0 Å². The Hall–Kier alpha value is -0.800. The number of ether oxygens (including phenoxy) is 1. The van der Waals surface area contributed by atoms with Gasteiger partial charge >= 0.3 is 0 Å². The minimum absolute atomic E-state index is 0. The van der Waals surface area contributed by atoms with Gasteiger partial charge < -0.3 is 10.1 Å². The summed E-state index contributed by atoms with van der Waals surface area (Å²) >= 11 is 4.84. The Balaban J connectivity index is 0.00000196. The maximum absolute atomic E-state index is 8.32. The van der Waals surface area contributed by atoms with Crippen molar-refractivity contribution in [1.29, 1.82) is 5.26 Å². The van der Waals surface area contributed by atoms with E-state index >= 15 is 0 Å². The maximum atomic E-state index is 8.32. The second kappa shape index (κ2) is 7.49. The van der Waals surface area contributed by atoms with Crippen LogP contribution in [0.3, 0.4) is 0 Å². The summed E-state index contributed by atoms with van der Waals surface area (Å²) in [5.41, 5.74) is 0.725. The Morgan fingerprint density at radius 3 is 2.73 bits per heavy atom. The molecule has 1 rings (SSSR count). The van der Waals surface area contributed by atoms with Crippen LogP contribution in [-0.2, 0) is 0 Å². The minimum Gasteiger partial charge on any atom is -0.495 e. The molecule has 0 heterocycles. The molecule has 0 aliphatic rings. The van der Waals surface area contributed by atoms with Crippen molar-refractivity contribution >= 4 is 52.6 Å². The third-order valence-electron chi connectivity index (χ3n) is 1.52. The fraction of sp³-hybridized carbons (Fsp3) is 0.111. The van der Waals surface area contributed by atoms with Gasteiger partial charge in [-0.2, -0.15) is 5.26 Å². The van der Waals surface area contributed by atoms with E-state index in [1.807, 2.05) is 18.2 Å². The molecule has 0 aliphatic heterocycles. The summed E-state index contributed by atoms with van der Waals surface area (Å²) < 4.78 is 5.09. The van der Waals surface area contributed by atoms with Gasteiger partial charge in [0.15, 0.2) is 11.3 Å². The number of hydrogen-bond donors (Lipinski definition) is 2. The van der Waals surface area contributed by atoms with Gasteiger partial charge in [-0.1, -0.05) is 12.1 Å². The molecule has 0 atom stereocenters. The molecule has 0 aliphatic carbocycles. The first-order valence-electron chi connectivity index (χ1n) is 3.87. The van der Waals surface area contributed by atoms with Gasteiger partial charge in [-0.25, -0.2) is 0 Å². The van der Waals surface area contributed by atoms with Crippen LogP contribution in [0.5, 0.6) is 5.75 Å². The largest absolute Gasteiger partial charge is 0.495 e. The van der Waals surface area contributed by atoms with E-state index < -0.39 is 0 Å². The molecule has 0 amide bonds. The van der Waals surface area contributed by atoms with E-state index in [0.29, 0.717) is 5.75 Å². The molecule has 2 N–H and O–H groups in total. The topological polar surface area (TPSA) is 57.1 Å². The van der Waals surface area contributed by atoms with Crippen LogP contribution in [0, 0.1) is 11.5 Å². The van der Waals surface area contributed by atoms with E-state index in [1.165, 1.54) is 0 Å². The number of thiocarbonyl (C=S) groups is 1. The maximum Gasteiger partial charge on any atom is 0.184 e. The van der Waals surface area contributed by atoms with Gasteiger partial charge in [0.2, 0.25) is 0 Å². The van der Waals surface area contributed by atoms with E-state index in [-0.39, 0.29) is 34.7 Å². The summed E-state index contributed by atoms with van der Waals surface area (Å²) in [7, 11) is 1.57. The molecule has 6 heteroatoms. The molecule has 0 saturated heterocycles. The zero-order valence-corrected chi connectivity index (χ0v) is 11.4. The summed E-state index contributed by atoms with van der Waals surface area (Å²) in [6.07, 6.45) is 1.73. The number of benzene rings is 1. The van der Waals surface area contributed by atoms with Crippen molar-refractivity contribution < 1.29 is 4.74 Å². The summed E-state index contributed by atoms with van der Waals surface area (Å²) in [4.78, 5) is 0. The van der Waals surface area contributed by atoms with Crippen molar-refractivity contribution in [2.75, 3.05) is 12.4 Å². The SMILES string of the molecule is COc1ccccc1NC(=S)NC#N.[Na]. The van der Waals surface area contributed by atoms with Crippen molar-refractivity contribution in [1.82, 2.24) is 5.32 Å². The Bertz CT molecular complexity index is 378. The van der Waals surface area contributed by atoms with Crippen LogP contribution in [-0.4, -0.2) is 41.8 Å². The monoisotopic (exact) mass is 230 g/mol. The van der Waals surface area contributed by atoms with Crippen LogP contribution in [0.15, 0.2) is 24.3 Å². The van der Waals surface area contributed by atoms with Gasteiger partial charge in [-0.3, -0.25) is 5.32 Å². The van der Waals surface area contributed by atoms with E-state index in [4.69, 9.17) is 22.2 Å². The predicted molar refractivity (Wildman–Crippen MR) is 63.7 cm³/mol. The molecule has 0 bridgehead atoms. The molecule has 0 aromatic heterocycles. The summed E-state index contributed by atoms with van der Waals surface area (Å²) in [6, 6.07) is 7.31. The van der Waals surface area contributed by atoms with Crippen LogP contribution in [0.4, 0.5) is 5.69 Å². The van der Waals surface area contributed by atoms with E-state index in [0.717, 1.165) is 5.69 Å². The zero-order chi connectivity index (χ0) is 10.4. The van der Waals surface area contributed by atoms with Crippen molar-refractivity contribution in [3.8, 4) is 11.9 Å². The van der Waals surface area contributed by atoms with E-state index in [1.54, 1.807) is 19.4 Å². The first kappa shape index (κ1) is 14.2. The molecule has 4 nitrogen and oxygen atoms in total. The molecule has 15 heavy (non-hydrogen) atoms. The number of nitrogens with zero attached hydrogens (tertiary/aromatic N) is 1. The van der Waals surface area contributed by atoms with Crippen molar-refractivity contribution in [2.45, 2.75) is 0 Å². The molecule has 0 saturated carbocycles. The van der Waals surface area contributed by atoms with Gasteiger partial charge in [-0.15, -0.1) is 0 Å². The summed E-state index contributed by atoms with van der Waals surface area (Å²) in [5, 5.41) is 13.7. The second-order valence-electron chi connectivity index (χ2n) is 2.39. The summed E-state index contributed by atoms with van der Waals surface area (Å²) in [6.45, 7) is 0. The number of hydrogen-bond acceptors (Lipinski definition) is 3. The molecule has 1 aromatic rings. The zero-order valence-electron chi connectivity index (χ0n) is 8.57. The van der Waals surface area contributed by atoms with Crippen LogP contribution in [0.25, 0.3) is 0 Å². The third kappa shape index (κ3) is 4.49. The molecule has 73 valence electrons. The number of nitriles is 1. The molecule has 0 fully saturated rings. The van der Waals surface area contributed by atoms with Crippen LogP contribution >= 0.6 is 12.2 Å². The quantitative estimate of drug-likeness (QED) is 0.344. The number of nitrogens with one attached hydrogen (secondary N) is 2. The standard InChI is InChI=1S/C9H9N3OS.Na/c1-13-8-5-3-2-4-7(8)12-9(14)11-6-10;/h2-5H,1H3,(H2,11,12,14);. The average Bonchev–Trinajstić information content (AvgIpc) is 2.19. The number of methoxy groups -OCH3 is 1. The summed E-state index contributed by atoms with van der Waals surface area (Å²) in [5.74, 6) is 0.676. The first-order valence-corrected chi connectivity index (χ1v) is 4.28. The number of anilines is 1. The molecule has 0 unspecified atom stereocenters. The smallest absolute Gasteiger partial charge is 0.184 e.